The zero-order valence-corrected chi connectivity index (χ0v) is 11.8. The van der Waals surface area contributed by atoms with Crippen LogP contribution in [0.25, 0.3) is 0 Å². The molecule has 0 spiro atoms. The average Bonchev–Trinajstić information content (AvgIpc) is 2.45. The molecule has 0 atom stereocenters. The molecule has 1 heterocycles. The number of nitrogens with zero attached hydrogens (tertiary/aromatic N) is 1. The van der Waals surface area contributed by atoms with Crippen LogP contribution in [-0.4, -0.2) is 18.4 Å². The Hall–Kier alpha value is -2.36. The molecule has 2 aromatic rings. The quantitative estimate of drug-likeness (QED) is 0.784. The van der Waals surface area contributed by atoms with Gasteiger partial charge in [-0.05, 0) is 26.0 Å². The minimum Gasteiger partial charge on any atom is -0.497 e. The fourth-order valence-electron chi connectivity index (χ4n) is 1.94. The van der Waals surface area contributed by atoms with E-state index in [2.05, 4.69) is 4.98 Å². The van der Waals surface area contributed by atoms with Gasteiger partial charge < -0.3 is 9.47 Å². The van der Waals surface area contributed by atoms with Gasteiger partial charge in [0.1, 0.15) is 18.1 Å². The molecule has 0 radical (unpaired) electrons. The van der Waals surface area contributed by atoms with E-state index in [-0.39, 0.29) is 0 Å². The van der Waals surface area contributed by atoms with Crippen molar-refractivity contribution in [1.29, 1.82) is 0 Å². The summed E-state index contributed by atoms with van der Waals surface area (Å²) in [6.07, 6.45) is 0.798. The molecule has 20 heavy (non-hydrogen) atoms. The molecule has 0 N–H and O–H groups in total. The normalized spacial score (nSPS) is 10.2. The van der Waals surface area contributed by atoms with Crippen LogP contribution >= 0.6 is 0 Å². The second-order valence-corrected chi connectivity index (χ2v) is 4.59. The highest BCUT2D eigenvalue weighted by Gasteiger charge is 2.06. The fraction of sp³-hybridized carbons (Fsp3) is 0.250. The van der Waals surface area contributed by atoms with E-state index in [1.54, 1.807) is 19.2 Å². The SMILES string of the molecule is COc1cc(C)nc(COc2ccc(C)cc2C=O)c1. The van der Waals surface area contributed by atoms with E-state index in [9.17, 15) is 4.79 Å². The molecule has 0 aliphatic rings. The van der Waals surface area contributed by atoms with Crippen molar-refractivity contribution in [2.45, 2.75) is 20.5 Å². The number of pyridine rings is 1. The van der Waals surface area contributed by atoms with Crippen LogP contribution < -0.4 is 9.47 Å². The molecule has 104 valence electrons. The molecule has 0 unspecified atom stereocenters. The van der Waals surface area contributed by atoms with E-state index in [1.165, 1.54) is 0 Å². The number of ether oxygens (including phenoxy) is 2. The van der Waals surface area contributed by atoms with Crippen molar-refractivity contribution < 1.29 is 14.3 Å². The molecule has 1 aromatic heterocycles. The number of carbonyl (C=O) groups is 1. The number of aromatic nitrogens is 1. The number of aldehydes is 1. The minimum atomic E-state index is 0.294. The molecular formula is C16H17NO3. The van der Waals surface area contributed by atoms with E-state index in [4.69, 9.17) is 9.47 Å². The number of aryl methyl sites for hydroxylation is 2. The first-order valence-electron chi connectivity index (χ1n) is 6.32. The summed E-state index contributed by atoms with van der Waals surface area (Å²) in [7, 11) is 1.61. The number of hydrogen-bond donors (Lipinski definition) is 0. The van der Waals surface area contributed by atoms with E-state index < -0.39 is 0 Å². The maximum atomic E-state index is 11.0. The Kier molecular flexibility index (Phi) is 4.35. The average molecular weight is 271 g/mol. The number of hydrogen-bond acceptors (Lipinski definition) is 4. The molecule has 2 rings (SSSR count). The van der Waals surface area contributed by atoms with Crippen LogP contribution in [0.2, 0.25) is 0 Å². The first-order chi connectivity index (χ1) is 9.62. The van der Waals surface area contributed by atoms with Crippen LogP contribution in [0.3, 0.4) is 0 Å². The van der Waals surface area contributed by atoms with Gasteiger partial charge in [0.25, 0.3) is 0 Å². The van der Waals surface area contributed by atoms with Crippen molar-refractivity contribution in [3.05, 3.63) is 52.8 Å². The smallest absolute Gasteiger partial charge is 0.153 e. The standard InChI is InChI=1S/C16H17NO3/c1-11-4-5-16(13(6-11)9-18)20-10-14-8-15(19-3)7-12(2)17-14/h4-9H,10H2,1-3H3. The molecule has 0 saturated carbocycles. The maximum absolute atomic E-state index is 11.0. The zero-order valence-electron chi connectivity index (χ0n) is 11.8. The minimum absolute atomic E-state index is 0.294. The van der Waals surface area contributed by atoms with E-state index in [0.717, 1.165) is 29.0 Å². The van der Waals surface area contributed by atoms with Gasteiger partial charge in [0, 0.05) is 17.8 Å². The van der Waals surface area contributed by atoms with Crippen molar-refractivity contribution in [2.75, 3.05) is 7.11 Å². The molecule has 4 heteroatoms. The Bertz CT molecular complexity index is 623. The van der Waals surface area contributed by atoms with Gasteiger partial charge in [0.05, 0.1) is 18.4 Å². The highest BCUT2D eigenvalue weighted by Crippen LogP contribution is 2.20. The van der Waals surface area contributed by atoms with Crippen LogP contribution in [0.4, 0.5) is 0 Å². The molecule has 0 saturated heterocycles. The van der Waals surface area contributed by atoms with Crippen molar-refractivity contribution in [3.63, 3.8) is 0 Å². The number of benzene rings is 1. The predicted octanol–water partition coefficient (Wildman–Crippen LogP) is 3.10. The number of methoxy groups -OCH3 is 1. The summed E-state index contributed by atoms with van der Waals surface area (Å²) >= 11 is 0. The Labute approximate surface area is 118 Å². The summed E-state index contributed by atoms with van der Waals surface area (Å²) in [5.41, 5.74) is 3.20. The van der Waals surface area contributed by atoms with Crippen molar-refractivity contribution in [1.82, 2.24) is 4.98 Å². The van der Waals surface area contributed by atoms with Gasteiger partial charge in [-0.2, -0.15) is 0 Å². The highest BCUT2D eigenvalue weighted by atomic mass is 16.5. The summed E-state index contributed by atoms with van der Waals surface area (Å²) in [5.74, 6) is 1.31. The van der Waals surface area contributed by atoms with Gasteiger partial charge in [-0.15, -0.1) is 0 Å². The summed E-state index contributed by atoms with van der Waals surface area (Å²) in [6, 6.07) is 9.18. The molecule has 0 amide bonds. The number of carbonyl (C=O) groups excluding carboxylic acids is 1. The monoisotopic (exact) mass is 271 g/mol. The Morgan fingerprint density at radius 3 is 2.70 bits per heavy atom. The highest BCUT2D eigenvalue weighted by molar-refractivity contribution is 5.79. The molecule has 4 nitrogen and oxygen atoms in total. The zero-order chi connectivity index (χ0) is 14.5. The Morgan fingerprint density at radius 2 is 2.00 bits per heavy atom. The van der Waals surface area contributed by atoms with Crippen LogP contribution in [0.1, 0.15) is 27.3 Å². The second kappa shape index (κ2) is 6.19. The summed E-state index contributed by atoms with van der Waals surface area (Å²) < 4.78 is 10.9. The summed E-state index contributed by atoms with van der Waals surface area (Å²) in [5, 5.41) is 0. The lowest BCUT2D eigenvalue weighted by Crippen LogP contribution is -2.02. The van der Waals surface area contributed by atoms with Gasteiger partial charge in [0.2, 0.25) is 0 Å². The van der Waals surface area contributed by atoms with Crippen LogP contribution in [-0.2, 0) is 6.61 Å². The molecule has 0 fully saturated rings. The third-order valence-corrected chi connectivity index (χ3v) is 2.88. The maximum Gasteiger partial charge on any atom is 0.153 e. The third-order valence-electron chi connectivity index (χ3n) is 2.88. The second-order valence-electron chi connectivity index (χ2n) is 4.59. The molecule has 0 aliphatic carbocycles. The van der Waals surface area contributed by atoms with Crippen LogP contribution in [0.15, 0.2) is 30.3 Å². The van der Waals surface area contributed by atoms with Crippen molar-refractivity contribution in [3.8, 4) is 11.5 Å². The Balaban J connectivity index is 2.16. The van der Waals surface area contributed by atoms with Crippen molar-refractivity contribution >= 4 is 6.29 Å². The Morgan fingerprint density at radius 1 is 1.20 bits per heavy atom. The van der Waals surface area contributed by atoms with Crippen molar-refractivity contribution in [2.24, 2.45) is 0 Å². The summed E-state index contributed by atoms with van der Waals surface area (Å²) in [4.78, 5) is 15.4. The molecule has 0 bridgehead atoms. The van der Waals surface area contributed by atoms with Crippen LogP contribution in [0.5, 0.6) is 11.5 Å². The third kappa shape index (κ3) is 3.35. The number of rotatable bonds is 5. The topological polar surface area (TPSA) is 48.4 Å². The van der Waals surface area contributed by atoms with E-state index in [1.807, 2.05) is 32.0 Å². The lowest BCUT2D eigenvalue weighted by Gasteiger charge is -2.10. The molecular weight excluding hydrogens is 254 g/mol. The van der Waals surface area contributed by atoms with Gasteiger partial charge in [-0.25, -0.2) is 0 Å². The lowest BCUT2D eigenvalue weighted by atomic mass is 10.1. The molecule has 1 aromatic carbocycles. The summed E-state index contributed by atoms with van der Waals surface area (Å²) in [6.45, 7) is 4.13. The fourth-order valence-corrected chi connectivity index (χ4v) is 1.94. The van der Waals surface area contributed by atoms with Crippen LogP contribution in [0, 0.1) is 13.8 Å². The van der Waals surface area contributed by atoms with Gasteiger partial charge >= 0.3 is 0 Å². The molecule has 0 aliphatic heterocycles. The van der Waals surface area contributed by atoms with E-state index in [0.29, 0.717) is 17.9 Å². The van der Waals surface area contributed by atoms with E-state index >= 15 is 0 Å². The largest absolute Gasteiger partial charge is 0.497 e. The lowest BCUT2D eigenvalue weighted by molar-refractivity contribution is 0.111. The first kappa shape index (κ1) is 14.1. The first-order valence-corrected chi connectivity index (χ1v) is 6.32. The predicted molar refractivity (Wildman–Crippen MR) is 76.4 cm³/mol. The van der Waals surface area contributed by atoms with Gasteiger partial charge in [0.15, 0.2) is 6.29 Å². The van der Waals surface area contributed by atoms with Gasteiger partial charge in [-0.1, -0.05) is 11.6 Å². The van der Waals surface area contributed by atoms with Gasteiger partial charge in [-0.3, -0.25) is 9.78 Å².